The number of amides is 1. The van der Waals surface area contributed by atoms with E-state index < -0.39 is 0 Å². The summed E-state index contributed by atoms with van der Waals surface area (Å²) in [4.78, 5) is 19.0. The topological polar surface area (TPSA) is 51.7 Å². The molecular weight excluding hydrogens is 304 g/mol. The first-order valence-electron chi connectivity index (χ1n) is 9.25. The summed E-state index contributed by atoms with van der Waals surface area (Å²) in [6.45, 7) is 1.96. The summed E-state index contributed by atoms with van der Waals surface area (Å²) in [5, 5.41) is 0. The minimum Gasteiger partial charge on any atom is -0.372 e. The number of rotatable bonds is 4. The van der Waals surface area contributed by atoms with Crippen molar-refractivity contribution >= 4 is 5.91 Å². The number of hydrogen-bond acceptors (Lipinski definition) is 4. The molecule has 0 unspecified atom stereocenters. The Bertz CT molecular complexity index is 559. The fourth-order valence-electron chi connectivity index (χ4n) is 4.46. The molecule has 1 amide bonds. The lowest BCUT2D eigenvalue weighted by Crippen LogP contribution is -2.55. The third-order valence-electron chi connectivity index (χ3n) is 5.74. The van der Waals surface area contributed by atoms with Crippen LogP contribution in [-0.4, -0.2) is 47.2 Å². The van der Waals surface area contributed by atoms with E-state index in [1.807, 2.05) is 12.1 Å². The predicted molar refractivity (Wildman–Crippen MR) is 89.2 cm³/mol. The average molecular weight is 330 g/mol. The fraction of sp³-hybridized carbons (Fsp3) is 0.684. The molecule has 1 aromatic rings. The Kier molecular flexibility index (Phi) is 4.81. The third kappa shape index (κ3) is 3.20. The molecule has 2 heterocycles. The van der Waals surface area contributed by atoms with Crippen LogP contribution in [0.2, 0.25) is 0 Å². The molecule has 130 valence electrons. The molecule has 3 atom stereocenters. The molecule has 5 nitrogen and oxygen atoms in total. The maximum Gasteiger partial charge on any atom is 0.226 e. The summed E-state index contributed by atoms with van der Waals surface area (Å²) in [7, 11) is 0. The van der Waals surface area contributed by atoms with Gasteiger partial charge in [0, 0.05) is 24.9 Å². The molecule has 0 bridgehead atoms. The second-order valence-corrected chi connectivity index (χ2v) is 7.20. The molecule has 2 aliphatic carbocycles. The molecule has 2 saturated carbocycles. The van der Waals surface area contributed by atoms with E-state index in [0.717, 1.165) is 37.8 Å². The number of carbonyl (C=O) groups is 1. The first-order chi connectivity index (χ1) is 11.8. The molecule has 0 spiro atoms. The normalized spacial score (nSPS) is 30.5. The van der Waals surface area contributed by atoms with E-state index in [9.17, 15) is 4.79 Å². The second kappa shape index (κ2) is 7.19. The van der Waals surface area contributed by atoms with Crippen LogP contribution in [0.4, 0.5) is 0 Å². The second-order valence-electron chi connectivity index (χ2n) is 7.20. The summed E-state index contributed by atoms with van der Waals surface area (Å²) in [6, 6.07) is 4.16. The van der Waals surface area contributed by atoms with Gasteiger partial charge in [0.2, 0.25) is 5.91 Å². The molecule has 1 aliphatic heterocycles. The largest absolute Gasteiger partial charge is 0.372 e. The Morgan fingerprint density at radius 2 is 2.00 bits per heavy atom. The van der Waals surface area contributed by atoms with Crippen LogP contribution in [0.5, 0.6) is 0 Å². The van der Waals surface area contributed by atoms with Crippen LogP contribution < -0.4 is 0 Å². The number of fused-ring (bicyclic) bond motifs is 1. The van der Waals surface area contributed by atoms with Crippen LogP contribution in [0.15, 0.2) is 24.5 Å². The van der Waals surface area contributed by atoms with Crippen molar-refractivity contribution in [2.24, 2.45) is 5.92 Å². The minimum atomic E-state index is 0.0333. The lowest BCUT2D eigenvalue weighted by molar-refractivity contribution is -0.156. The van der Waals surface area contributed by atoms with Gasteiger partial charge in [-0.15, -0.1) is 0 Å². The highest BCUT2D eigenvalue weighted by Crippen LogP contribution is 2.35. The molecule has 0 aromatic carbocycles. The van der Waals surface area contributed by atoms with E-state index >= 15 is 0 Å². The van der Waals surface area contributed by atoms with Crippen molar-refractivity contribution in [3.05, 3.63) is 30.1 Å². The Hall–Kier alpha value is -1.46. The number of aromatic nitrogens is 1. The molecule has 0 N–H and O–H groups in total. The maximum absolute atomic E-state index is 12.9. The van der Waals surface area contributed by atoms with Gasteiger partial charge in [-0.3, -0.25) is 9.78 Å². The van der Waals surface area contributed by atoms with Crippen LogP contribution in [-0.2, 0) is 20.9 Å². The van der Waals surface area contributed by atoms with Crippen molar-refractivity contribution in [2.45, 2.75) is 63.4 Å². The summed E-state index contributed by atoms with van der Waals surface area (Å²) in [6.07, 6.45) is 10.2. The molecule has 3 aliphatic rings. The number of ether oxygens (including phenoxy) is 2. The number of morpholine rings is 1. The van der Waals surface area contributed by atoms with Crippen LogP contribution in [0, 0.1) is 5.92 Å². The van der Waals surface area contributed by atoms with Crippen molar-refractivity contribution in [1.82, 2.24) is 9.88 Å². The van der Waals surface area contributed by atoms with Crippen LogP contribution >= 0.6 is 0 Å². The summed E-state index contributed by atoms with van der Waals surface area (Å²) >= 11 is 0. The van der Waals surface area contributed by atoms with E-state index in [1.165, 1.54) is 12.8 Å². The van der Waals surface area contributed by atoms with Crippen molar-refractivity contribution < 1.29 is 14.3 Å². The van der Waals surface area contributed by atoms with Gasteiger partial charge in [-0.1, -0.05) is 12.8 Å². The lowest BCUT2D eigenvalue weighted by Gasteiger charge is -2.40. The Balaban J connectivity index is 1.38. The molecule has 5 heteroatoms. The zero-order chi connectivity index (χ0) is 16.4. The molecule has 3 fully saturated rings. The van der Waals surface area contributed by atoms with Gasteiger partial charge < -0.3 is 14.4 Å². The predicted octanol–water partition coefficient (Wildman–Crippen LogP) is 2.55. The van der Waals surface area contributed by atoms with Crippen LogP contribution in [0.25, 0.3) is 0 Å². The fourth-order valence-corrected chi connectivity index (χ4v) is 4.46. The molecule has 24 heavy (non-hydrogen) atoms. The van der Waals surface area contributed by atoms with Crippen LogP contribution in [0.1, 0.15) is 44.1 Å². The summed E-state index contributed by atoms with van der Waals surface area (Å²) in [5.74, 6) is 0.612. The van der Waals surface area contributed by atoms with E-state index in [0.29, 0.717) is 19.1 Å². The van der Waals surface area contributed by atoms with Gasteiger partial charge in [-0.2, -0.15) is 0 Å². The van der Waals surface area contributed by atoms with Gasteiger partial charge in [0.05, 0.1) is 25.4 Å². The highest BCUT2D eigenvalue weighted by atomic mass is 16.5. The van der Waals surface area contributed by atoms with Crippen molar-refractivity contribution in [2.75, 3.05) is 13.2 Å². The number of pyridine rings is 1. The molecular formula is C19H26N2O3. The quantitative estimate of drug-likeness (QED) is 0.851. The average Bonchev–Trinajstić information content (AvgIpc) is 3.30. The molecule has 4 rings (SSSR count). The summed E-state index contributed by atoms with van der Waals surface area (Å²) in [5.41, 5.74) is 1.13. The van der Waals surface area contributed by atoms with E-state index in [2.05, 4.69) is 9.88 Å². The monoisotopic (exact) mass is 330 g/mol. The third-order valence-corrected chi connectivity index (χ3v) is 5.74. The molecule has 1 saturated heterocycles. The Labute approximate surface area is 143 Å². The van der Waals surface area contributed by atoms with Crippen molar-refractivity contribution in [1.29, 1.82) is 0 Å². The zero-order valence-electron chi connectivity index (χ0n) is 14.1. The van der Waals surface area contributed by atoms with Gasteiger partial charge in [0.1, 0.15) is 6.10 Å². The summed E-state index contributed by atoms with van der Waals surface area (Å²) < 4.78 is 12.1. The highest BCUT2D eigenvalue weighted by molar-refractivity contribution is 5.79. The van der Waals surface area contributed by atoms with Gasteiger partial charge in [-0.05, 0) is 43.4 Å². The standard InChI is InChI=1S/C19H26N2O3/c22-19(15-3-1-2-4-15)21-11-12-23-18-16(21)5-6-17(18)24-13-14-7-9-20-10-8-14/h7-10,15-18H,1-6,11-13H2/t16-,17-,18+/m0/s1. The SMILES string of the molecule is O=C(C1CCCC1)N1CCO[C@H]2[C@@H](OCc3ccncc3)CC[C@@H]21. The number of nitrogens with zero attached hydrogens (tertiary/aromatic N) is 2. The number of carbonyl (C=O) groups excluding carboxylic acids is 1. The molecule has 1 aromatic heterocycles. The Morgan fingerprint density at radius 1 is 1.21 bits per heavy atom. The smallest absolute Gasteiger partial charge is 0.226 e. The first kappa shape index (κ1) is 16.0. The lowest BCUT2D eigenvalue weighted by atomic mass is 10.0. The van der Waals surface area contributed by atoms with Crippen molar-refractivity contribution in [3.8, 4) is 0 Å². The Morgan fingerprint density at radius 3 is 2.79 bits per heavy atom. The first-order valence-corrected chi connectivity index (χ1v) is 9.25. The minimum absolute atomic E-state index is 0.0333. The maximum atomic E-state index is 12.9. The van der Waals surface area contributed by atoms with Gasteiger partial charge in [0.15, 0.2) is 0 Å². The van der Waals surface area contributed by atoms with Gasteiger partial charge >= 0.3 is 0 Å². The van der Waals surface area contributed by atoms with Gasteiger partial charge in [-0.25, -0.2) is 0 Å². The van der Waals surface area contributed by atoms with Crippen LogP contribution in [0.3, 0.4) is 0 Å². The van der Waals surface area contributed by atoms with E-state index in [1.54, 1.807) is 12.4 Å². The van der Waals surface area contributed by atoms with Gasteiger partial charge in [0.25, 0.3) is 0 Å². The molecule has 0 radical (unpaired) electrons. The number of hydrogen-bond donors (Lipinski definition) is 0. The highest BCUT2D eigenvalue weighted by Gasteiger charge is 2.46. The zero-order valence-corrected chi connectivity index (χ0v) is 14.1. The van der Waals surface area contributed by atoms with Crippen molar-refractivity contribution in [3.63, 3.8) is 0 Å². The van der Waals surface area contributed by atoms with E-state index in [-0.39, 0.29) is 24.2 Å². The van der Waals surface area contributed by atoms with E-state index in [4.69, 9.17) is 9.47 Å².